The number of nitrogens with two attached hydrogens (primary N) is 1. The predicted octanol–water partition coefficient (Wildman–Crippen LogP) is 0.261. The molecule has 1 saturated heterocycles. The van der Waals surface area contributed by atoms with Crippen LogP contribution in [-0.2, 0) is 9.59 Å². The van der Waals surface area contributed by atoms with E-state index in [0.29, 0.717) is 36.0 Å². The second kappa shape index (κ2) is 8.19. The number of benzene rings is 1. The number of amides is 1. The quantitative estimate of drug-likeness (QED) is 0.196. The number of hydrogen-bond donors (Lipinski definition) is 5. The van der Waals surface area contributed by atoms with E-state index in [9.17, 15) is 9.59 Å². The number of carbonyl (C=O) groups is 2. The molecular formula is C15H20N5O3S2+. The zero-order valence-corrected chi connectivity index (χ0v) is 15.1. The van der Waals surface area contributed by atoms with Crippen molar-refractivity contribution in [2.24, 2.45) is 0 Å². The third kappa shape index (κ3) is 4.62. The van der Waals surface area contributed by atoms with Gasteiger partial charge in [-0.05, 0) is 24.4 Å². The molecule has 10 heteroatoms. The Balaban J connectivity index is 1.85. The number of thiocarbonyl (C=S) groups is 2. The maximum atomic E-state index is 12.1. The van der Waals surface area contributed by atoms with Crippen molar-refractivity contribution in [2.75, 3.05) is 37.2 Å². The van der Waals surface area contributed by atoms with E-state index in [1.807, 2.05) is 18.2 Å². The van der Waals surface area contributed by atoms with E-state index < -0.39 is 5.97 Å². The minimum Gasteiger partial charge on any atom is -0.477 e. The van der Waals surface area contributed by atoms with Crippen LogP contribution in [0.4, 0.5) is 11.4 Å². The number of quaternary nitrogens is 1. The molecule has 0 saturated carbocycles. The highest BCUT2D eigenvalue weighted by atomic mass is 32.1. The van der Waals surface area contributed by atoms with Gasteiger partial charge in [-0.2, -0.15) is 4.48 Å². The van der Waals surface area contributed by atoms with Crippen molar-refractivity contribution < 1.29 is 19.2 Å². The van der Waals surface area contributed by atoms with Crippen LogP contribution in [0, 0.1) is 0 Å². The summed E-state index contributed by atoms with van der Waals surface area (Å²) in [4.78, 5) is 23.2. The summed E-state index contributed by atoms with van der Waals surface area (Å²) >= 11 is 10.4. The van der Waals surface area contributed by atoms with Crippen molar-refractivity contribution >= 4 is 57.9 Å². The fourth-order valence-electron chi connectivity index (χ4n) is 2.59. The Morgan fingerprint density at radius 1 is 1.40 bits per heavy atom. The lowest BCUT2D eigenvalue weighted by molar-refractivity contribution is -0.749. The first kappa shape index (κ1) is 19.0. The van der Waals surface area contributed by atoms with Crippen LogP contribution in [0.1, 0.15) is 6.42 Å². The first-order valence-corrected chi connectivity index (χ1v) is 8.47. The molecule has 2 rings (SSSR count). The van der Waals surface area contributed by atoms with Crippen LogP contribution < -0.4 is 21.7 Å². The number of nitrogens with one attached hydrogen (secondary N) is 3. The minimum atomic E-state index is -1.07. The average Bonchev–Trinajstić information content (AvgIpc) is 2.82. The van der Waals surface area contributed by atoms with Gasteiger partial charge in [0.15, 0.2) is 11.7 Å². The number of rotatable bonds is 7. The molecule has 0 aromatic heterocycles. The molecule has 1 unspecified atom stereocenters. The van der Waals surface area contributed by atoms with E-state index >= 15 is 0 Å². The van der Waals surface area contributed by atoms with Gasteiger partial charge in [-0.1, -0.05) is 12.1 Å². The maximum absolute atomic E-state index is 12.1. The van der Waals surface area contributed by atoms with Crippen LogP contribution in [0.2, 0.25) is 0 Å². The molecule has 1 fully saturated rings. The summed E-state index contributed by atoms with van der Waals surface area (Å²) in [7, 11) is 0. The number of carboxylic acid groups (broad SMARTS) is 1. The summed E-state index contributed by atoms with van der Waals surface area (Å²) in [5, 5.41) is 18.5. The van der Waals surface area contributed by atoms with Gasteiger partial charge in [-0.25, -0.2) is 9.59 Å². The fourth-order valence-corrected chi connectivity index (χ4v) is 3.13. The van der Waals surface area contributed by atoms with Crippen molar-refractivity contribution in [1.82, 2.24) is 10.6 Å². The lowest BCUT2D eigenvalue weighted by Crippen LogP contribution is -2.57. The largest absolute Gasteiger partial charge is 0.477 e. The van der Waals surface area contributed by atoms with Crippen molar-refractivity contribution in [3.05, 3.63) is 24.3 Å². The molecule has 1 amide bonds. The summed E-state index contributed by atoms with van der Waals surface area (Å²) in [6.07, 6.45) is 0.521. The fraction of sp³-hybridized carbons (Fsp3) is 0.333. The minimum absolute atomic E-state index is 0.0623. The van der Waals surface area contributed by atoms with Gasteiger partial charge in [0.25, 0.3) is 5.11 Å². The first-order chi connectivity index (χ1) is 11.8. The molecule has 1 aliphatic rings. The molecule has 0 radical (unpaired) electrons. The lowest BCUT2D eigenvalue weighted by Gasteiger charge is -2.27. The zero-order valence-electron chi connectivity index (χ0n) is 13.4. The normalized spacial score (nSPS) is 19.4. The van der Waals surface area contributed by atoms with Gasteiger partial charge in [0.1, 0.15) is 6.54 Å². The van der Waals surface area contributed by atoms with Gasteiger partial charge in [0.05, 0.1) is 17.9 Å². The van der Waals surface area contributed by atoms with Crippen LogP contribution in [0.15, 0.2) is 24.3 Å². The molecule has 0 aliphatic carbocycles. The number of carbonyl (C=O) groups excluding carboxylic acids is 1. The lowest BCUT2D eigenvalue weighted by atomic mass is 10.3. The molecular weight excluding hydrogens is 362 g/mol. The van der Waals surface area contributed by atoms with Crippen molar-refractivity contribution in [1.29, 1.82) is 0 Å². The summed E-state index contributed by atoms with van der Waals surface area (Å²) in [6.45, 7) is 0.467. The molecule has 0 spiro atoms. The van der Waals surface area contributed by atoms with Gasteiger partial charge < -0.3 is 26.8 Å². The van der Waals surface area contributed by atoms with Gasteiger partial charge in [-0.15, -0.1) is 0 Å². The molecule has 6 N–H and O–H groups in total. The van der Waals surface area contributed by atoms with Crippen molar-refractivity contribution in [3.8, 4) is 0 Å². The molecule has 1 aromatic carbocycles. The molecule has 8 nitrogen and oxygen atoms in total. The Bertz CT molecular complexity index is 694. The highest BCUT2D eigenvalue weighted by molar-refractivity contribution is 7.80. The van der Waals surface area contributed by atoms with Crippen molar-refractivity contribution in [2.45, 2.75) is 6.42 Å². The number of hydrogen-bond acceptors (Lipinski definition) is 5. The van der Waals surface area contributed by atoms with Crippen LogP contribution in [-0.4, -0.2) is 57.9 Å². The Morgan fingerprint density at radius 3 is 2.72 bits per heavy atom. The van der Waals surface area contributed by atoms with Crippen LogP contribution in [0.25, 0.3) is 0 Å². The number of para-hydroxylation sites is 2. The molecule has 1 atom stereocenters. The molecule has 1 heterocycles. The number of nitrogen functional groups attached to an aromatic ring is 1. The number of carboxylic acids is 1. The molecule has 0 bridgehead atoms. The number of anilines is 2. The monoisotopic (exact) mass is 382 g/mol. The van der Waals surface area contributed by atoms with E-state index in [2.05, 4.69) is 16.0 Å². The SMILES string of the molecule is Nc1ccccc1NC(=S)NCCC[N+]1(CC(=O)O)C(=O)CNC1=S. The van der Waals surface area contributed by atoms with Gasteiger partial charge in [0.2, 0.25) is 0 Å². The van der Waals surface area contributed by atoms with Gasteiger partial charge in [0, 0.05) is 25.2 Å². The predicted molar refractivity (Wildman–Crippen MR) is 103 cm³/mol. The second-order valence-electron chi connectivity index (χ2n) is 5.62. The third-order valence-corrected chi connectivity index (χ3v) is 4.61. The Kier molecular flexibility index (Phi) is 6.23. The number of aliphatic carboxylic acids is 1. The Hall–Kier alpha value is -2.30. The Labute approximate surface area is 156 Å². The molecule has 1 aromatic rings. The van der Waals surface area contributed by atoms with Crippen LogP contribution >= 0.6 is 24.4 Å². The first-order valence-electron chi connectivity index (χ1n) is 7.65. The van der Waals surface area contributed by atoms with E-state index in [0.717, 1.165) is 0 Å². The standard InChI is InChI=1S/C15H19N5O3S2/c16-10-4-1-2-5-11(10)19-14(24)17-6-3-7-20(9-13(22)23)12(21)8-18-15(20)25/h1-2,4-5H,3,6-9,16H2,(H3-,17,18,19,22,23,24,25)/p+1. The van der Waals surface area contributed by atoms with E-state index in [4.69, 9.17) is 35.3 Å². The van der Waals surface area contributed by atoms with Crippen LogP contribution in [0.3, 0.4) is 0 Å². The summed E-state index contributed by atoms with van der Waals surface area (Å²) in [6, 6.07) is 7.24. The summed E-state index contributed by atoms with van der Waals surface area (Å²) in [5.74, 6) is -1.30. The zero-order chi connectivity index (χ0) is 18.4. The molecule has 25 heavy (non-hydrogen) atoms. The summed E-state index contributed by atoms with van der Waals surface area (Å²) < 4.78 is -0.349. The van der Waals surface area contributed by atoms with E-state index in [1.165, 1.54) is 0 Å². The summed E-state index contributed by atoms with van der Waals surface area (Å²) in [5.41, 5.74) is 7.12. The second-order valence-corrected chi connectivity index (χ2v) is 6.41. The van der Waals surface area contributed by atoms with Gasteiger partial charge >= 0.3 is 11.9 Å². The highest BCUT2D eigenvalue weighted by Gasteiger charge is 2.48. The molecule has 1 aliphatic heterocycles. The molecule has 134 valence electrons. The van der Waals surface area contributed by atoms with E-state index in [1.54, 1.807) is 6.07 Å². The number of nitrogens with zero attached hydrogens (tertiary/aromatic N) is 1. The maximum Gasteiger partial charge on any atom is 0.360 e. The van der Waals surface area contributed by atoms with Crippen LogP contribution in [0.5, 0.6) is 0 Å². The van der Waals surface area contributed by atoms with E-state index in [-0.39, 0.29) is 28.6 Å². The third-order valence-electron chi connectivity index (χ3n) is 3.87. The average molecular weight is 382 g/mol. The van der Waals surface area contributed by atoms with Gasteiger partial charge in [-0.3, -0.25) is 0 Å². The highest BCUT2D eigenvalue weighted by Crippen LogP contribution is 2.17. The smallest absolute Gasteiger partial charge is 0.360 e. The topological polar surface area (TPSA) is 116 Å². The Morgan fingerprint density at radius 2 is 2.12 bits per heavy atom. The van der Waals surface area contributed by atoms with Crippen molar-refractivity contribution in [3.63, 3.8) is 0 Å².